The van der Waals surface area contributed by atoms with Gasteiger partial charge in [0.1, 0.15) is 0 Å². The third-order valence-electron chi connectivity index (χ3n) is 6.54. The van der Waals surface area contributed by atoms with E-state index in [1.165, 1.54) is 41.4 Å². The summed E-state index contributed by atoms with van der Waals surface area (Å²) >= 11 is 1.39. The fourth-order valence-corrected chi connectivity index (χ4v) is 4.97. The maximum Gasteiger partial charge on any atom is 0.316 e. The molecule has 1 atom stereocenters. The Morgan fingerprint density at radius 3 is 2.17 bits per heavy atom. The van der Waals surface area contributed by atoms with E-state index < -0.39 is 11.2 Å². The van der Waals surface area contributed by atoms with Gasteiger partial charge in [0.25, 0.3) is 0 Å². The molecule has 1 heterocycles. The topological polar surface area (TPSA) is 53.4 Å². The molecule has 0 saturated heterocycles. The number of hydrogen-bond acceptors (Lipinski definition) is 4. The average molecular weight is 491 g/mol. The number of rotatable bonds is 12. The highest BCUT2D eigenvalue weighted by molar-refractivity contribution is 7.99. The molecule has 1 aromatic heterocycles. The minimum Gasteiger partial charge on any atom is -0.480 e. The molecule has 0 amide bonds. The second-order valence-corrected chi connectivity index (χ2v) is 10.7. The molecule has 3 rings (SSSR count). The van der Waals surface area contributed by atoms with Gasteiger partial charge in [-0.3, -0.25) is 9.78 Å². The molecule has 5 heteroatoms. The number of aliphatic carboxylic acids is 1. The van der Waals surface area contributed by atoms with Crippen LogP contribution in [0.1, 0.15) is 70.2 Å². The average Bonchev–Trinajstić information content (AvgIpc) is 2.87. The van der Waals surface area contributed by atoms with Crippen molar-refractivity contribution in [3.05, 3.63) is 83.6 Å². The van der Waals surface area contributed by atoms with Gasteiger partial charge in [-0.2, -0.15) is 0 Å². The largest absolute Gasteiger partial charge is 0.480 e. The minimum absolute atomic E-state index is 0.387. The van der Waals surface area contributed by atoms with Crippen LogP contribution in [-0.4, -0.2) is 27.4 Å². The van der Waals surface area contributed by atoms with Crippen molar-refractivity contribution in [3.8, 4) is 11.3 Å². The molecule has 0 spiro atoms. The molecule has 4 nitrogen and oxygen atoms in total. The number of pyridine rings is 1. The summed E-state index contributed by atoms with van der Waals surface area (Å²) in [4.78, 5) is 18.3. The summed E-state index contributed by atoms with van der Waals surface area (Å²) in [6.45, 7) is 11.5. The van der Waals surface area contributed by atoms with Crippen LogP contribution in [0.5, 0.6) is 0 Å². The Balaban J connectivity index is 1.71. The normalized spacial score (nSPS) is 12.2. The zero-order valence-corrected chi connectivity index (χ0v) is 22.4. The lowest BCUT2D eigenvalue weighted by Crippen LogP contribution is -2.30. The van der Waals surface area contributed by atoms with E-state index in [1.807, 2.05) is 18.2 Å². The number of carboxylic acid groups (broad SMARTS) is 1. The summed E-state index contributed by atoms with van der Waals surface area (Å²) in [5.74, 6) is 0.424. The third kappa shape index (κ3) is 7.35. The van der Waals surface area contributed by atoms with Crippen molar-refractivity contribution in [2.75, 3.05) is 4.90 Å². The molecule has 0 radical (unpaired) electrons. The van der Waals surface area contributed by atoms with Gasteiger partial charge in [-0.15, -0.1) is 11.8 Å². The highest BCUT2D eigenvalue weighted by Crippen LogP contribution is 2.28. The van der Waals surface area contributed by atoms with Crippen LogP contribution in [0, 0.1) is 0 Å². The maximum absolute atomic E-state index is 11.1. The van der Waals surface area contributed by atoms with Crippen molar-refractivity contribution in [1.82, 2.24) is 4.98 Å². The molecule has 35 heavy (non-hydrogen) atoms. The zero-order chi connectivity index (χ0) is 25.4. The van der Waals surface area contributed by atoms with Crippen LogP contribution in [0.2, 0.25) is 0 Å². The lowest BCUT2D eigenvalue weighted by Gasteiger charge is -2.30. The summed E-state index contributed by atoms with van der Waals surface area (Å²) in [7, 11) is 0. The van der Waals surface area contributed by atoms with Crippen molar-refractivity contribution in [3.63, 3.8) is 0 Å². The predicted octanol–water partition coefficient (Wildman–Crippen LogP) is 7.77. The lowest BCUT2D eigenvalue weighted by molar-refractivity contribution is -0.136. The van der Waals surface area contributed by atoms with Crippen molar-refractivity contribution in [2.45, 2.75) is 77.0 Å². The lowest BCUT2D eigenvalue weighted by atomic mass is 9.94. The van der Waals surface area contributed by atoms with E-state index in [4.69, 9.17) is 10.1 Å². The number of carbonyl (C=O) groups is 1. The molecule has 0 aliphatic rings. The first kappa shape index (κ1) is 26.8. The van der Waals surface area contributed by atoms with Crippen LogP contribution in [0.25, 0.3) is 11.3 Å². The van der Waals surface area contributed by atoms with Gasteiger partial charge in [0.15, 0.2) is 0 Å². The van der Waals surface area contributed by atoms with Crippen LogP contribution in [0.4, 0.5) is 5.69 Å². The Labute approximate surface area is 214 Å². The van der Waals surface area contributed by atoms with Gasteiger partial charge in [0, 0.05) is 29.6 Å². The smallest absolute Gasteiger partial charge is 0.316 e. The molecule has 0 aliphatic heterocycles. The first-order chi connectivity index (χ1) is 16.8. The van der Waals surface area contributed by atoms with E-state index in [0.29, 0.717) is 17.7 Å². The van der Waals surface area contributed by atoms with Gasteiger partial charge in [-0.1, -0.05) is 56.3 Å². The van der Waals surface area contributed by atoms with E-state index in [2.05, 4.69) is 81.1 Å². The quantitative estimate of drug-likeness (QED) is 0.281. The standard InChI is InChI=1S/C30H38N2O2S/c1-6-24(7-2)25-15-17-28(18-16-25)32(21(3)4)19-23-11-13-26(14-12-23)29-10-8-9-27(31-29)20-35-22(5)30(33)34/h8-18,21-22,24H,6-7,19-20H2,1-5H3,(H,33,34). The molecule has 186 valence electrons. The van der Waals surface area contributed by atoms with Crippen molar-refractivity contribution < 1.29 is 9.90 Å². The molecular formula is C30H38N2O2S. The summed E-state index contributed by atoms with van der Waals surface area (Å²) in [5, 5.41) is 8.65. The van der Waals surface area contributed by atoms with Crippen LogP contribution in [0.15, 0.2) is 66.7 Å². The van der Waals surface area contributed by atoms with Crippen LogP contribution in [-0.2, 0) is 17.1 Å². The summed E-state index contributed by atoms with van der Waals surface area (Å²) in [6, 6.07) is 24.1. The zero-order valence-electron chi connectivity index (χ0n) is 21.6. The van der Waals surface area contributed by atoms with Crippen LogP contribution in [0.3, 0.4) is 0 Å². The van der Waals surface area contributed by atoms with Crippen molar-refractivity contribution in [2.24, 2.45) is 0 Å². The van der Waals surface area contributed by atoms with Crippen molar-refractivity contribution >= 4 is 23.4 Å². The molecule has 2 aromatic carbocycles. The third-order valence-corrected chi connectivity index (χ3v) is 7.71. The first-order valence-electron chi connectivity index (χ1n) is 12.6. The second-order valence-electron chi connectivity index (χ2n) is 9.33. The predicted molar refractivity (Wildman–Crippen MR) is 149 cm³/mol. The van der Waals surface area contributed by atoms with E-state index in [9.17, 15) is 4.79 Å². The number of benzene rings is 2. The van der Waals surface area contributed by atoms with Gasteiger partial charge in [-0.25, -0.2) is 0 Å². The van der Waals surface area contributed by atoms with Crippen LogP contribution < -0.4 is 4.90 Å². The number of hydrogen-bond donors (Lipinski definition) is 1. The van der Waals surface area contributed by atoms with Gasteiger partial charge >= 0.3 is 5.97 Å². The van der Waals surface area contributed by atoms with E-state index in [0.717, 1.165) is 23.5 Å². The number of thioether (sulfide) groups is 1. The summed E-state index contributed by atoms with van der Waals surface area (Å²) < 4.78 is 0. The van der Waals surface area contributed by atoms with E-state index in [1.54, 1.807) is 6.92 Å². The Bertz CT molecular complexity index is 1080. The van der Waals surface area contributed by atoms with E-state index >= 15 is 0 Å². The van der Waals surface area contributed by atoms with Gasteiger partial charge in [0.05, 0.1) is 16.6 Å². The van der Waals surface area contributed by atoms with Crippen molar-refractivity contribution in [1.29, 1.82) is 0 Å². The monoisotopic (exact) mass is 490 g/mol. The number of carboxylic acids is 1. The molecule has 1 N–H and O–H groups in total. The Morgan fingerprint density at radius 1 is 0.943 bits per heavy atom. The van der Waals surface area contributed by atoms with E-state index in [-0.39, 0.29) is 0 Å². The molecule has 0 bridgehead atoms. The van der Waals surface area contributed by atoms with Gasteiger partial charge in [-0.05, 0) is 74.9 Å². The highest BCUT2D eigenvalue weighted by Gasteiger charge is 2.14. The number of aromatic nitrogens is 1. The first-order valence-corrected chi connectivity index (χ1v) is 13.6. The summed E-state index contributed by atoms with van der Waals surface area (Å²) in [5.41, 5.74) is 6.81. The molecule has 1 unspecified atom stereocenters. The fourth-order valence-electron chi connectivity index (χ4n) is 4.25. The molecule has 3 aromatic rings. The number of anilines is 1. The second kappa shape index (κ2) is 12.8. The van der Waals surface area contributed by atoms with Gasteiger partial charge in [0.2, 0.25) is 0 Å². The maximum atomic E-state index is 11.1. The Morgan fingerprint density at radius 2 is 1.60 bits per heavy atom. The molecule has 0 aliphatic carbocycles. The molecule has 0 fully saturated rings. The Hall–Kier alpha value is -2.79. The fraction of sp³-hybridized carbons (Fsp3) is 0.400. The summed E-state index contributed by atoms with van der Waals surface area (Å²) in [6.07, 6.45) is 2.35. The van der Waals surface area contributed by atoms with Crippen LogP contribution >= 0.6 is 11.8 Å². The SMILES string of the molecule is CCC(CC)c1ccc(N(Cc2ccc(-c3cccc(CSC(C)C(=O)O)n3)cc2)C(C)C)cc1. The molecule has 0 saturated carbocycles. The van der Waals surface area contributed by atoms with Gasteiger partial charge < -0.3 is 10.0 Å². The minimum atomic E-state index is -0.792. The highest BCUT2D eigenvalue weighted by atomic mass is 32.2. The number of nitrogens with zero attached hydrogens (tertiary/aromatic N) is 2. The molecular weight excluding hydrogens is 452 g/mol. The Kier molecular flexibility index (Phi) is 9.79.